The zero-order chi connectivity index (χ0) is 21.3. The largest absolute Gasteiger partial charge is 0.329 e. The summed E-state index contributed by atoms with van der Waals surface area (Å²) in [6.07, 6.45) is 1.06. The van der Waals surface area contributed by atoms with Crippen LogP contribution in [0.3, 0.4) is 0 Å². The SMILES string of the molecule is CN(C)CCCN1CC1C(=O)Nc1nc2ccc(N(C)c3ccc(Cl)cc3)nc2s1. The van der Waals surface area contributed by atoms with Crippen LogP contribution in [0.1, 0.15) is 6.42 Å². The van der Waals surface area contributed by atoms with E-state index in [0.29, 0.717) is 10.2 Å². The fourth-order valence-electron chi connectivity index (χ4n) is 3.29. The molecule has 1 fully saturated rings. The summed E-state index contributed by atoms with van der Waals surface area (Å²) in [5.74, 6) is 0.818. The Morgan fingerprint density at radius 1 is 1.20 bits per heavy atom. The van der Waals surface area contributed by atoms with E-state index < -0.39 is 0 Å². The molecular weight excluding hydrogens is 420 g/mol. The van der Waals surface area contributed by atoms with Gasteiger partial charge in [0.2, 0.25) is 5.91 Å². The number of nitrogens with one attached hydrogen (secondary N) is 1. The highest BCUT2D eigenvalue weighted by molar-refractivity contribution is 7.22. The fourth-order valence-corrected chi connectivity index (χ4v) is 4.26. The Kier molecular flexibility index (Phi) is 6.19. The van der Waals surface area contributed by atoms with Crippen molar-refractivity contribution in [1.29, 1.82) is 0 Å². The lowest BCUT2D eigenvalue weighted by atomic mass is 10.3. The van der Waals surface area contributed by atoms with Crippen LogP contribution in [0.2, 0.25) is 5.02 Å². The number of hydrogen-bond donors (Lipinski definition) is 1. The van der Waals surface area contributed by atoms with Crippen LogP contribution in [0.5, 0.6) is 0 Å². The van der Waals surface area contributed by atoms with E-state index in [1.54, 1.807) is 0 Å². The Hall–Kier alpha value is -2.26. The number of hydrogen-bond acceptors (Lipinski definition) is 7. The highest BCUT2D eigenvalue weighted by Gasteiger charge is 2.39. The van der Waals surface area contributed by atoms with Gasteiger partial charge in [0.25, 0.3) is 0 Å². The second-order valence-corrected chi connectivity index (χ2v) is 9.12. The van der Waals surface area contributed by atoms with Gasteiger partial charge >= 0.3 is 0 Å². The van der Waals surface area contributed by atoms with E-state index in [2.05, 4.69) is 34.2 Å². The number of carbonyl (C=O) groups excluding carboxylic acids is 1. The smallest absolute Gasteiger partial charge is 0.244 e. The standard InChI is InChI=1S/C21H25ClN6OS/c1-26(2)11-4-12-28-13-17(28)19(29)25-21-23-16-9-10-18(24-20(16)30-21)27(3)15-7-5-14(22)6-8-15/h5-10,17H,4,11-13H2,1-3H3,(H,23,25,29). The van der Waals surface area contributed by atoms with Crippen LogP contribution in [0.15, 0.2) is 36.4 Å². The summed E-state index contributed by atoms with van der Waals surface area (Å²) in [6.45, 7) is 2.79. The van der Waals surface area contributed by atoms with Gasteiger partial charge in [0.1, 0.15) is 22.2 Å². The van der Waals surface area contributed by atoms with Gasteiger partial charge in [0, 0.05) is 30.8 Å². The Morgan fingerprint density at radius 2 is 1.97 bits per heavy atom. The molecule has 1 aliphatic heterocycles. The van der Waals surface area contributed by atoms with E-state index in [0.717, 1.165) is 47.9 Å². The van der Waals surface area contributed by atoms with E-state index in [9.17, 15) is 4.79 Å². The van der Waals surface area contributed by atoms with Crippen LogP contribution < -0.4 is 10.2 Å². The minimum absolute atomic E-state index is 0.0115. The molecule has 7 nitrogen and oxygen atoms in total. The molecule has 1 saturated heterocycles. The van der Waals surface area contributed by atoms with Gasteiger partial charge in [-0.3, -0.25) is 9.69 Å². The summed E-state index contributed by atoms with van der Waals surface area (Å²) in [5, 5.41) is 4.25. The number of anilines is 3. The zero-order valence-corrected chi connectivity index (χ0v) is 18.9. The summed E-state index contributed by atoms with van der Waals surface area (Å²) < 4.78 is 0. The Balaban J connectivity index is 1.39. The number of halogens is 1. The maximum Gasteiger partial charge on any atom is 0.244 e. The molecule has 0 bridgehead atoms. The van der Waals surface area contributed by atoms with Gasteiger partial charge in [0.05, 0.1) is 0 Å². The number of aromatic nitrogens is 2. The number of benzene rings is 1. The minimum atomic E-state index is -0.0428. The first kappa shape index (κ1) is 21.0. The Bertz CT molecular complexity index is 1040. The van der Waals surface area contributed by atoms with Crippen LogP contribution in [0.4, 0.5) is 16.6 Å². The molecule has 1 aromatic carbocycles. The molecule has 1 N–H and O–H groups in total. The highest BCUT2D eigenvalue weighted by atomic mass is 35.5. The normalized spacial score (nSPS) is 18.0. The van der Waals surface area contributed by atoms with Gasteiger partial charge in [0.15, 0.2) is 5.13 Å². The lowest BCUT2D eigenvalue weighted by Gasteiger charge is -2.18. The van der Waals surface area contributed by atoms with Crippen LogP contribution in [-0.2, 0) is 4.79 Å². The molecule has 0 saturated carbocycles. The van der Waals surface area contributed by atoms with E-state index >= 15 is 0 Å². The predicted molar refractivity (Wildman–Crippen MR) is 124 cm³/mol. The first-order valence-corrected chi connectivity index (χ1v) is 11.1. The van der Waals surface area contributed by atoms with Gasteiger partial charge in [-0.2, -0.15) is 0 Å². The fraction of sp³-hybridized carbons (Fsp3) is 0.381. The molecule has 2 aromatic heterocycles. The maximum atomic E-state index is 12.5. The molecule has 2 unspecified atom stereocenters. The molecule has 2 atom stereocenters. The first-order chi connectivity index (χ1) is 14.4. The molecule has 3 heterocycles. The summed E-state index contributed by atoms with van der Waals surface area (Å²) in [4.78, 5) is 28.9. The quantitative estimate of drug-likeness (QED) is 0.534. The highest BCUT2D eigenvalue weighted by Crippen LogP contribution is 2.30. The van der Waals surface area contributed by atoms with Crippen molar-refractivity contribution in [3.63, 3.8) is 0 Å². The van der Waals surface area contributed by atoms with Crippen molar-refractivity contribution < 1.29 is 4.79 Å². The third-order valence-electron chi connectivity index (χ3n) is 5.10. The summed E-state index contributed by atoms with van der Waals surface area (Å²) in [7, 11) is 6.08. The summed E-state index contributed by atoms with van der Waals surface area (Å²) >= 11 is 7.37. The summed E-state index contributed by atoms with van der Waals surface area (Å²) in [6, 6.07) is 11.4. The topological polar surface area (TPSA) is 64.4 Å². The average molecular weight is 445 g/mol. The molecule has 1 aliphatic rings. The van der Waals surface area contributed by atoms with Gasteiger partial charge in [-0.25, -0.2) is 9.97 Å². The van der Waals surface area contributed by atoms with Crippen molar-refractivity contribution in [3.8, 4) is 0 Å². The molecule has 158 valence electrons. The van der Waals surface area contributed by atoms with E-state index in [-0.39, 0.29) is 11.9 Å². The zero-order valence-electron chi connectivity index (χ0n) is 17.3. The van der Waals surface area contributed by atoms with Gasteiger partial charge in [-0.1, -0.05) is 22.9 Å². The second kappa shape index (κ2) is 8.85. The van der Waals surface area contributed by atoms with Crippen LogP contribution in [0.25, 0.3) is 10.3 Å². The molecular formula is C21H25ClN6OS. The van der Waals surface area contributed by atoms with Crippen LogP contribution in [-0.4, -0.2) is 72.5 Å². The van der Waals surface area contributed by atoms with Crippen LogP contribution >= 0.6 is 22.9 Å². The second-order valence-electron chi connectivity index (χ2n) is 7.70. The predicted octanol–water partition coefficient (Wildman–Crippen LogP) is 3.69. The molecule has 1 amide bonds. The minimum Gasteiger partial charge on any atom is -0.329 e. The lowest BCUT2D eigenvalue weighted by molar-refractivity contribution is -0.116. The van der Waals surface area contributed by atoms with E-state index in [1.807, 2.05) is 48.3 Å². The Labute approximate surface area is 185 Å². The van der Waals surface area contributed by atoms with Crippen molar-refractivity contribution in [3.05, 3.63) is 41.4 Å². The first-order valence-electron chi connectivity index (χ1n) is 9.87. The molecule has 3 aromatic rings. The Morgan fingerprint density at radius 3 is 2.70 bits per heavy atom. The summed E-state index contributed by atoms with van der Waals surface area (Å²) in [5.41, 5.74) is 1.77. The average Bonchev–Trinajstić information content (AvgIpc) is 3.38. The number of fused-ring (bicyclic) bond motifs is 1. The van der Waals surface area contributed by atoms with Gasteiger partial charge in [-0.05, 0) is 63.5 Å². The molecule has 9 heteroatoms. The van der Waals surface area contributed by atoms with Crippen molar-refractivity contribution in [2.75, 3.05) is 51.0 Å². The number of carbonyl (C=O) groups is 1. The van der Waals surface area contributed by atoms with Gasteiger partial charge in [-0.15, -0.1) is 0 Å². The third-order valence-corrected chi connectivity index (χ3v) is 6.23. The lowest BCUT2D eigenvalue weighted by Crippen LogP contribution is -2.23. The molecule has 4 rings (SSSR count). The van der Waals surface area contributed by atoms with Gasteiger partial charge < -0.3 is 15.1 Å². The molecule has 0 aliphatic carbocycles. The number of nitrogens with zero attached hydrogens (tertiary/aromatic N) is 5. The van der Waals surface area contributed by atoms with E-state index in [1.165, 1.54) is 11.3 Å². The van der Waals surface area contributed by atoms with Crippen molar-refractivity contribution in [2.45, 2.75) is 12.5 Å². The number of pyridine rings is 1. The third kappa shape index (κ3) is 4.89. The maximum absolute atomic E-state index is 12.5. The molecule has 30 heavy (non-hydrogen) atoms. The van der Waals surface area contributed by atoms with E-state index in [4.69, 9.17) is 16.6 Å². The number of rotatable bonds is 8. The van der Waals surface area contributed by atoms with Crippen molar-refractivity contribution >= 4 is 55.8 Å². The number of amides is 1. The molecule has 0 spiro atoms. The molecule has 0 radical (unpaired) electrons. The van der Waals surface area contributed by atoms with Crippen LogP contribution in [0, 0.1) is 0 Å². The number of thiazole rings is 1. The van der Waals surface area contributed by atoms with Crippen molar-refractivity contribution in [1.82, 2.24) is 19.8 Å². The van der Waals surface area contributed by atoms with Crippen molar-refractivity contribution in [2.24, 2.45) is 0 Å². The monoisotopic (exact) mass is 444 g/mol.